The number of hydrogen-bond donors (Lipinski definition) is 0. The molecule has 0 bridgehead atoms. The number of rotatable bonds is 8. The van der Waals surface area contributed by atoms with Crippen LogP contribution < -0.4 is 14.9 Å². The normalized spacial score (nSPS) is 14.7. The summed E-state index contributed by atoms with van der Waals surface area (Å²) in [5.74, 6) is 0.303. The lowest BCUT2D eigenvalue weighted by Crippen LogP contribution is -2.40. The van der Waals surface area contributed by atoms with Gasteiger partial charge in [0.1, 0.15) is 11.5 Å². The fourth-order valence-corrected chi connectivity index (χ4v) is 6.53. The highest BCUT2D eigenvalue weighted by Crippen LogP contribution is 2.36. The van der Waals surface area contributed by atoms with E-state index in [4.69, 9.17) is 25.7 Å². The third kappa shape index (κ3) is 5.84. The summed E-state index contributed by atoms with van der Waals surface area (Å²) in [5.41, 5.74) is 2.95. The van der Waals surface area contributed by atoms with E-state index in [0.29, 0.717) is 32.3 Å². The zero-order valence-corrected chi connectivity index (χ0v) is 26.7. The van der Waals surface area contributed by atoms with Crippen LogP contribution in [0.4, 0.5) is 5.69 Å². The second-order valence-corrected chi connectivity index (χ2v) is 12.3. The summed E-state index contributed by atoms with van der Waals surface area (Å²) in [6.07, 6.45) is 1.57. The van der Waals surface area contributed by atoms with Crippen LogP contribution in [0.3, 0.4) is 0 Å². The molecule has 0 saturated heterocycles. The average Bonchev–Trinajstić information content (AvgIpc) is 3.64. The summed E-state index contributed by atoms with van der Waals surface area (Å²) in [5, 5.41) is 11.9. The molecular formula is C35H28ClN3O6S. The number of hydrogen-bond acceptors (Lipinski definition) is 8. The monoisotopic (exact) mass is 653 g/mol. The maximum atomic E-state index is 14.2. The van der Waals surface area contributed by atoms with Gasteiger partial charge in [-0.15, -0.1) is 0 Å². The first-order chi connectivity index (χ1) is 22.2. The first-order valence-corrected chi connectivity index (χ1v) is 15.8. The van der Waals surface area contributed by atoms with Crippen molar-refractivity contribution in [1.82, 2.24) is 4.57 Å². The number of furan rings is 1. The predicted octanol–water partition coefficient (Wildman–Crippen LogP) is 6.88. The van der Waals surface area contributed by atoms with E-state index >= 15 is 0 Å². The number of benzene rings is 3. The molecule has 9 nitrogen and oxygen atoms in total. The summed E-state index contributed by atoms with van der Waals surface area (Å²) >= 11 is 7.14. The van der Waals surface area contributed by atoms with Crippen molar-refractivity contribution < 1.29 is 18.9 Å². The predicted molar refractivity (Wildman–Crippen MR) is 177 cm³/mol. The number of ether oxygens (including phenoxy) is 1. The highest BCUT2D eigenvalue weighted by Gasteiger charge is 2.35. The van der Waals surface area contributed by atoms with E-state index in [0.717, 1.165) is 22.5 Å². The lowest BCUT2D eigenvalue weighted by molar-refractivity contribution is -0.384. The standard InChI is InChI=1S/C35H28ClN3O6S/c1-4-44-34(41)30-31(22-8-6-5-7-9-22)37-35-38(32(30)23-12-10-21(11-13-23)20(2)3)33(40)29(46-35)19-25-15-17-28(45-25)26-16-14-24(36)18-27(26)39(42)43/h5-20,32H,4H2,1-3H3/b29-19-. The fraction of sp³-hybridized carbons (Fsp3) is 0.171. The fourth-order valence-electron chi connectivity index (χ4n) is 5.39. The first-order valence-electron chi connectivity index (χ1n) is 14.6. The number of thiazole rings is 1. The van der Waals surface area contributed by atoms with Crippen LogP contribution in [0, 0.1) is 10.1 Å². The quantitative estimate of drug-likeness (QED) is 0.102. The molecule has 0 radical (unpaired) electrons. The number of esters is 1. The van der Waals surface area contributed by atoms with Gasteiger partial charge in [-0.3, -0.25) is 19.5 Å². The molecule has 0 spiro atoms. The Balaban J connectivity index is 1.55. The van der Waals surface area contributed by atoms with Crippen LogP contribution in [0.25, 0.3) is 23.1 Å². The Hall–Kier alpha value is -5.06. The minimum absolute atomic E-state index is 0.153. The SMILES string of the molecule is CCOC(=O)C1=C(c2ccccc2)N=c2s/c(=C\c3ccc(-c4ccc(Cl)cc4[N+](=O)[O-])o3)c(=O)n2C1c1ccc(C(C)C)cc1. The molecular weight excluding hydrogens is 626 g/mol. The van der Waals surface area contributed by atoms with E-state index < -0.39 is 16.9 Å². The van der Waals surface area contributed by atoms with Crippen LogP contribution in [0.2, 0.25) is 5.02 Å². The molecule has 2 aromatic heterocycles. The van der Waals surface area contributed by atoms with Gasteiger partial charge < -0.3 is 9.15 Å². The van der Waals surface area contributed by atoms with Crippen LogP contribution in [0.5, 0.6) is 0 Å². The van der Waals surface area contributed by atoms with Crippen molar-refractivity contribution in [2.75, 3.05) is 6.61 Å². The molecule has 0 saturated carbocycles. The maximum absolute atomic E-state index is 14.2. The Kier molecular flexibility index (Phi) is 8.57. The molecule has 0 amide bonds. The minimum Gasteiger partial charge on any atom is -0.463 e. The van der Waals surface area contributed by atoms with Gasteiger partial charge in [-0.05, 0) is 48.2 Å². The summed E-state index contributed by atoms with van der Waals surface area (Å²) in [7, 11) is 0. The van der Waals surface area contributed by atoms with Crippen LogP contribution in [-0.4, -0.2) is 22.1 Å². The second-order valence-electron chi connectivity index (χ2n) is 10.9. The first kappa shape index (κ1) is 30.9. The molecule has 1 aliphatic heterocycles. The van der Waals surface area contributed by atoms with Gasteiger partial charge in [-0.1, -0.05) is 91.4 Å². The molecule has 6 rings (SSSR count). The highest BCUT2D eigenvalue weighted by atomic mass is 35.5. The second kappa shape index (κ2) is 12.7. The number of nitro groups is 1. The number of fused-ring (bicyclic) bond motifs is 1. The summed E-state index contributed by atoms with van der Waals surface area (Å²) < 4.78 is 13.3. The number of carbonyl (C=O) groups is 1. The topological polar surface area (TPSA) is 117 Å². The lowest BCUT2D eigenvalue weighted by atomic mass is 9.91. The Morgan fingerprint density at radius 1 is 1.11 bits per heavy atom. The van der Waals surface area contributed by atoms with E-state index in [2.05, 4.69) is 13.8 Å². The number of nitrogens with zero attached hydrogens (tertiary/aromatic N) is 3. The summed E-state index contributed by atoms with van der Waals surface area (Å²) in [6.45, 7) is 6.08. The zero-order valence-electron chi connectivity index (χ0n) is 25.1. The molecule has 5 aromatic rings. The van der Waals surface area contributed by atoms with Gasteiger partial charge in [0.25, 0.3) is 11.2 Å². The molecule has 1 unspecified atom stereocenters. The summed E-state index contributed by atoms with van der Waals surface area (Å²) in [6, 6.07) is 24.0. The number of halogens is 1. The van der Waals surface area contributed by atoms with Crippen molar-refractivity contribution in [3.05, 3.63) is 148 Å². The molecule has 46 heavy (non-hydrogen) atoms. The Morgan fingerprint density at radius 3 is 2.52 bits per heavy atom. The summed E-state index contributed by atoms with van der Waals surface area (Å²) in [4.78, 5) is 44.2. The Morgan fingerprint density at radius 2 is 1.85 bits per heavy atom. The van der Waals surface area contributed by atoms with Crippen LogP contribution in [-0.2, 0) is 9.53 Å². The number of nitro benzene ring substituents is 1. The molecule has 3 heterocycles. The third-order valence-corrected chi connectivity index (χ3v) is 8.83. The maximum Gasteiger partial charge on any atom is 0.338 e. The molecule has 0 fully saturated rings. The van der Waals surface area contributed by atoms with Gasteiger partial charge in [0, 0.05) is 22.7 Å². The van der Waals surface area contributed by atoms with Crippen molar-refractivity contribution in [1.29, 1.82) is 0 Å². The average molecular weight is 654 g/mol. The van der Waals surface area contributed by atoms with Gasteiger partial charge >= 0.3 is 5.97 Å². The van der Waals surface area contributed by atoms with Gasteiger partial charge in [-0.25, -0.2) is 9.79 Å². The molecule has 1 aliphatic rings. The van der Waals surface area contributed by atoms with Crippen LogP contribution >= 0.6 is 22.9 Å². The van der Waals surface area contributed by atoms with Crippen molar-refractivity contribution in [2.45, 2.75) is 32.7 Å². The van der Waals surface area contributed by atoms with Crippen LogP contribution in [0.1, 0.15) is 55.2 Å². The molecule has 232 valence electrons. The highest BCUT2D eigenvalue weighted by molar-refractivity contribution is 7.07. The smallest absolute Gasteiger partial charge is 0.338 e. The number of carbonyl (C=O) groups excluding carboxylic acids is 1. The van der Waals surface area contributed by atoms with Crippen molar-refractivity contribution in [3.8, 4) is 11.3 Å². The van der Waals surface area contributed by atoms with Crippen molar-refractivity contribution >= 4 is 46.4 Å². The van der Waals surface area contributed by atoms with E-state index in [9.17, 15) is 19.7 Å². The van der Waals surface area contributed by atoms with Gasteiger partial charge in [-0.2, -0.15) is 0 Å². The third-order valence-electron chi connectivity index (χ3n) is 7.61. The van der Waals surface area contributed by atoms with E-state index in [-0.39, 0.29) is 39.8 Å². The van der Waals surface area contributed by atoms with Gasteiger partial charge in [0.2, 0.25) is 0 Å². The van der Waals surface area contributed by atoms with E-state index in [1.807, 2.05) is 54.6 Å². The zero-order chi connectivity index (χ0) is 32.5. The Bertz CT molecular complexity index is 2180. The van der Waals surface area contributed by atoms with Crippen molar-refractivity contribution in [3.63, 3.8) is 0 Å². The van der Waals surface area contributed by atoms with E-state index in [1.165, 1.54) is 16.7 Å². The molecule has 0 N–H and O–H groups in total. The lowest BCUT2D eigenvalue weighted by Gasteiger charge is -2.26. The minimum atomic E-state index is -0.808. The van der Waals surface area contributed by atoms with E-state index in [1.54, 1.807) is 31.2 Å². The van der Waals surface area contributed by atoms with Gasteiger partial charge in [0.05, 0.1) is 38.9 Å². The molecule has 0 aliphatic carbocycles. The van der Waals surface area contributed by atoms with Gasteiger partial charge in [0.15, 0.2) is 4.80 Å². The molecule has 3 aromatic carbocycles. The number of aromatic nitrogens is 1. The largest absolute Gasteiger partial charge is 0.463 e. The Labute approximate surface area is 272 Å². The molecule has 1 atom stereocenters. The molecule has 11 heteroatoms. The van der Waals surface area contributed by atoms with Crippen molar-refractivity contribution in [2.24, 2.45) is 4.99 Å². The van der Waals surface area contributed by atoms with Crippen LogP contribution in [0.15, 0.2) is 105 Å².